The summed E-state index contributed by atoms with van der Waals surface area (Å²) in [4.78, 5) is 0. The Bertz CT molecular complexity index is 319. The molecular formula is C11H10P2. The molecule has 0 radical (unpaired) electrons. The standard InChI is InChI=1S/C11H10P2/c1-2-6-10(7-3-1)13-11-8-4-5-9-12-11/h1-9,13H. The van der Waals surface area contributed by atoms with Gasteiger partial charge < -0.3 is 0 Å². The summed E-state index contributed by atoms with van der Waals surface area (Å²) in [6.45, 7) is 0. The van der Waals surface area contributed by atoms with Crippen molar-refractivity contribution < 1.29 is 0 Å². The number of hydrogen-bond acceptors (Lipinski definition) is 0. The highest BCUT2D eigenvalue weighted by atomic mass is 31.1. The largest absolute Gasteiger partial charge is 0.0679 e. The second-order valence-corrected chi connectivity index (χ2v) is 5.53. The molecule has 0 aliphatic carbocycles. The SMILES string of the molecule is c1ccc(Pc2ccccp2)cc1. The van der Waals surface area contributed by atoms with Crippen LogP contribution in [0.1, 0.15) is 0 Å². The minimum atomic E-state index is 0.820. The smallest absolute Gasteiger partial charge is 0.00443 e. The molecule has 1 unspecified atom stereocenters. The second-order valence-electron chi connectivity index (χ2n) is 2.71. The van der Waals surface area contributed by atoms with E-state index in [9.17, 15) is 0 Å². The fourth-order valence-corrected chi connectivity index (χ4v) is 3.33. The Balaban J connectivity index is 2.16. The van der Waals surface area contributed by atoms with E-state index in [0.717, 1.165) is 8.58 Å². The van der Waals surface area contributed by atoms with E-state index in [4.69, 9.17) is 0 Å². The molecule has 2 heteroatoms. The molecule has 0 amide bonds. The van der Waals surface area contributed by atoms with Crippen LogP contribution in [0, 0.1) is 0 Å². The first kappa shape index (κ1) is 8.88. The van der Waals surface area contributed by atoms with Crippen LogP contribution in [0.3, 0.4) is 0 Å². The van der Waals surface area contributed by atoms with E-state index in [0.29, 0.717) is 0 Å². The van der Waals surface area contributed by atoms with Crippen LogP contribution in [0.4, 0.5) is 0 Å². The van der Waals surface area contributed by atoms with E-state index in [-0.39, 0.29) is 0 Å². The fraction of sp³-hybridized carbons (Fsp3) is 0. The third-order valence-corrected chi connectivity index (χ3v) is 4.23. The molecule has 0 saturated carbocycles. The molecule has 0 nitrogen and oxygen atoms in total. The predicted octanol–water partition coefficient (Wildman–Crippen LogP) is 2.90. The van der Waals surface area contributed by atoms with Gasteiger partial charge in [-0.05, 0) is 17.2 Å². The first-order valence-corrected chi connectivity index (χ1v) is 6.14. The molecule has 0 aliphatic rings. The van der Waals surface area contributed by atoms with Crippen LogP contribution in [-0.2, 0) is 0 Å². The van der Waals surface area contributed by atoms with Crippen LogP contribution >= 0.6 is 16.8 Å². The van der Waals surface area contributed by atoms with Crippen molar-refractivity contribution in [1.29, 1.82) is 0 Å². The zero-order valence-corrected chi connectivity index (χ0v) is 9.04. The van der Waals surface area contributed by atoms with E-state index in [1.54, 1.807) is 0 Å². The predicted molar refractivity (Wildman–Crippen MR) is 63.0 cm³/mol. The summed E-state index contributed by atoms with van der Waals surface area (Å²) < 4.78 is 0. The molecule has 1 atom stereocenters. The van der Waals surface area contributed by atoms with Crippen molar-refractivity contribution in [1.82, 2.24) is 0 Å². The quantitative estimate of drug-likeness (QED) is 0.660. The molecule has 1 aromatic heterocycles. The Morgan fingerprint density at radius 3 is 2.31 bits per heavy atom. The van der Waals surface area contributed by atoms with Crippen LogP contribution in [0.2, 0.25) is 0 Å². The average molecular weight is 204 g/mol. The fourth-order valence-electron chi connectivity index (χ4n) is 1.11. The number of hydrogen-bond donors (Lipinski definition) is 0. The summed E-state index contributed by atoms with van der Waals surface area (Å²) in [6.07, 6.45) is 0. The number of benzene rings is 1. The van der Waals surface area contributed by atoms with Crippen molar-refractivity contribution in [3.8, 4) is 0 Å². The first-order chi connectivity index (χ1) is 6.45. The van der Waals surface area contributed by atoms with Crippen molar-refractivity contribution in [2.75, 3.05) is 0 Å². The van der Waals surface area contributed by atoms with Gasteiger partial charge in [-0.15, -0.1) is 0 Å². The van der Waals surface area contributed by atoms with Gasteiger partial charge >= 0.3 is 0 Å². The molecule has 1 aromatic carbocycles. The summed E-state index contributed by atoms with van der Waals surface area (Å²) in [5, 5.41) is 2.92. The maximum atomic E-state index is 2.22. The van der Waals surface area contributed by atoms with Gasteiger partial charge in [0.2, 0.25) is 0 Å². The topological polar surface area (TPSA) is 0 Å². The van der Waals surface area contributed by atoms with Crippen LogP contribution < -0.4 is 10.3 Å². The Kier molecular flexibility index (Phi) is 3.08. The Hall–Kier alpha value is -0.700. The van der Waals surface area contributed by atoms with Crippen molar-refractivity contribution in [3.63, 3.8) is 0 Å². The van der Waals surface area contributed by atoms with Crippen molar-refractivity contribution in [2.24, 2.45) is 0 Å². The van der Waals surface area contributed by atoms with Crippen molar-refractivity contribution >= 4 is 27.1 Å². The Morgan fingerprint density at radius 1 is 0.846 bits per heavy atom. The van der Waals surface area contributed by atoms with Crippen LogP contribution in [0.15, 0.2) is 54.3 Å². The summed E-state index contributed by atoms with van der Waals surface area (Å²) >= 11 is 0. The zero-order chi connectivity index (χ0) is 8.93. The number of rotatable bonds is 2. The highest BCUT2D eigenvalue weighted by Gasteiger charge is 1.93. The van der Waals surface area contributed by atoms with Gasteiger partial charge in [0.05, 0.1) is 0 Å². The normalized spacial score (nSPS) is 11.4. The minimum absolute atomic E-state index is 0.820. The minimum Gasteiger partial charge on any atom is -0.0679 e. The van der Waals surface area contributed by atoms with Crippen LogP contribution in [0.5, 0.6) is 0 Å². The van der Waals surface area contributed by atoms with Crippen LogP contribution in [-0.4, -0.2) is 0 Å². The summed E-state index contributed by atoms with van der Waals surface area (Å²) in [5.74, 6) is 2.19. The van der Waals surface area contributed by atoms with Gasteiger partial charge in [-0.25, -0.2) is 0 Å². The molecule has 0 saturated heterocycles. The Labute approximate surface area is 81.9 Å². The van der Waals surface area contributed by atoms with E-state index in [2.05, 4.69) is 54.3 Å². The summed E-state index contributed by atoms with van der Waals surface area (Å²) in [7, 11) is 2.17. The molecule has 64 valence electrons. The monoisotopic (exact) mass is 204 g/mol. The van der Waals surface area contributed by atoms with Crippen molar-refractivity contribution in [2.45, 2.75) is 0 Å². The third kappa shape index (κ3) is 2.62. The van der Waals surface area contributed by atoms with Gasteiger partial charge in [0.1, 0.15) is 0 Å². The van der Waals surface area contributed by atoms with Gasteiger partial charge in [-0.2, -0.15) is 0 Å². The molecule has 0 N–H and O–H groups in total. The van der Waals surface area contributed by atoms with Gasteiger partial charge in [0.25, 0.3) is 0 Å². The highest BCUT2D eigenvalue weighted by Crippen LogP contribution is 2.15. The maximum absolute atomic E-state index is 2.22. The molecule has 0 fully saturated rings. The molecule has 0 spiro atoms. The highest BCUT2D eigenvalue weighted by molar-refractivity contribution is 7.66. The lowest BCUT2D eigenvalue weighted by Crippen LogP contribution is -1.98. The van der Waals surface area contributed by atoms with Gasteiger partial charge in [0, 0.05) is 5.04 Å². The molecule has 2 aromatic rings. The first-order valence-electron chi connectivity index (χ1n) is 4.18. The zero-order valence-electron chi connectivity index (χ0n) is 7.14. The van der Waals surface area contributed by atoms with Gasteiger partial charge in [-0.3, -0.25) is 0 Å². The molecule has 13 heavy (non-hydrogen) atoms. The molecule has 2 rings (SSSR count). The molecule has 1 heterocycles. The maximum Gasteiger partial charge on any atom is 0.00443 e. The lowest BCUT2D eigenvalue weighted by Gasteiger charge is -1.99. The Morgan fingerprint density at radius 2 is 1.62 bits per heavy atom. The average Bonchev–Trinajstić information content (AvgIpc) is 2.21. The van der Waals surface area contributed by atoms with Crippen LogP contribution in [0.25, 0.3) is 0 Å². The van der Waals surface area contributed by atoms with Crippen molar-refractivity contribution in [3.05, 3.63) is 54.3 Å². The van der Waals surface area contributed by atoms with E-state index in [1.807, 2.05) is 0 Å². The second kappa shape index (κ2) is 4.51. The van der Waals surface area contributed by atoms with Gasteiger partial charge in [0.15, 0.2) is 0 Å². The molecule has 0 bridgehead atoms. The molecule has 0 aliphatic heterocycles. The third-order valence-electron chi connectivity index (χ3n) is 1.71. The summed E-state index contributed by atoms with van der Waals surface area (Å²) in [6, 6.07) is 17.1. The van der Waals surface area contributed by atoms with E-state index < -0.39 is 0 Å². The lowest BCUT2D eigenvalue weighted by atomic mass is 10.4. The van der Waals surface area contributed by atoms with E-state index in [1.165, 1.54) is 18.5 Å². The van der Waals surface area contributed by atoms with E-state index >= 15 is 0 Å². The molecular weight excluding hydrogens is 194 g/mol. The van der Waals surface area contributed by atoms with Gasteiger partial charge in [-0.1, -0.05) is 59.2 Å². The summed E-state index contributed by atoms with van der Waals surface area (Å²) in [5.41, 5.74) is 0. The lowest BCUT2D eigenvalue weighted by molar-refractivity contribution is 1.78.